The number of nitrogens with zero attached hydrogens (tertiary/aromatic N) is 1. The summed E-state index contributed by atoms with van der Waals surface area (Å²) in [6.07, 6.45) is 0.116. The lowest BCUT2D eigenvalue weighted by Gasteiger charge is -2.20. The van der Waals surface area contributed by atoms with Crippen molar-refractivity contribution in [2.75, 3.05) is 25.0 Å². The van der Waals surface area contributed by atoms with Crippen molar-refractivity contribution in [2.24, 2.45) is 0 Å². The molecule has 1 aliphatic rings. The fourth-order valence-electron chi connectivity index (χ4n) is 2.58. The van der Waals surface area contributed by atoms with Crippen LogP contribution in [0.1, 0.15) is 38.0 Å². The SMILES string of the molecule is CN1CCc2cc(C(O)CNC(=O)C(=O)NC(C)(C)C)ccc21. The van der Waals surface area contributed by atoms with Crippen LogP contribution >= 0.6 is 0 Å². The number of anilines is 1. The highest BCUT2D eigenvalue weighted by Crippen LogP contribution is 2.29. The van der Waals surface area contributed by atoms with Gasteiger partial charge in [0.15, 0.2) is 0 Å². The summed E-state index contributed by atoms with van der Waals surface area (Å²) in [4.78, 5) is 25.6. The molecule has 2 amide bonds. The Hall–Kier alpha value is -2.08. The van der Waals surface area contributed by atoms with Gasteiger partial charge in [-0.2, -0.15) is 0 Å². The summed E-state index contributed by atoms with van der Waals surface area (Å²) in [6.45, 7) is 6.38. The molecule has 0 radical (unpaired) electrons. The minimum absolute atomic E-state index is 0.00498. The molecule has 6 nitrogen and oxygen atoms in total. The molecule has 2 rings (SSSR count). The predicted octanol–water partition coefficient (Wildman–Crippen LogP) is 0.743. The number of carbonyl (C=O) groups excluding carboxylic acids is 2. The Morgan fingerprint density at radius 3 is 2.65 bits per heavy atom. The molecule has 1 unspecified atom stereocenters. The molecular formula is C17H25N3O3. The molecule has 126 valence electrons. The standard InChI is InChI=1S/C17H25N3O3/c1-17(2,3)19-16(23)15(22)18-10-14(21)12-5-6-13-11(9-12)7-8-20(13)4/h5-6,9,14,21H,7-8,10H2,1-4H3,(H,18,22)(H,19,23). The molecular weight excluding hydrogens is 294 g/mol. The maximum absolute atomic E-state index is 11.7. The first-order valence-electron chi connectivity index (χ1n) is 7.80. The van der Waals surface area contributed by atoms with E-state index in [0.717, 1.165) is 18.5 Å². The highest BCUT2D eigenvalue weighted by molar-refractivity contribution is 6.35. The second kappa shape index (κ2) is 6.58. The number of carbonyl (C=O) groups is 2. The number of amides is 2. The van der Waals surface area contributed by atoms with Gasteiger partial charge in [0.25, 0.3) is 0 Å². The summed E-state index contributed by atoms with van der Waals surface area (Å²) in [5, 5.41) is 15.3. The largest absolute Gasteiger partial charge is 0.387 e. The number of aliphatic hydroxyl groups excluding tert-OH is 1. The van der Waals surface area contributed by atoms with Crippen LogP contribution in [0.15, 0.2) is 18.2 Å². The van der Waals surface area contributed by atoms with E-state index in [1.165, 1.54) is 11.3 Å². The van der Waals surface area contributed by atoms with Crippen LogP contribution in [-0.2, 0) is 16.0 Å². The molecule has 1 aromatic rings. The van der Waals surface area contributed by atoms with E-state index < -0.39 is 23.5 Å². The molecule has 3 N–H and O–H groups in total. The van der Waals surface area contributed by atoms with Gasteiger partial charge in [0.1, 0.15) is 0 Å². The zero-order valence-electron chi connectivity index (χ0n) is 14.1. The minimum Gasteiger partial charge on any atom is -0.387 e. The number of rotatable bonds is 3. The third kappa shape index (κ3) is 4.45. The molecule has 1 aromatic carbocycles. The van der Waals surface area contributed by atoms with Gasteiger partial charge in [-0.1, -0.05) is 12.1 Å². The van der Waals surface area contributed by atoms with Crippen molar-refractivity contribution >= 4 is 17.5 Å². The summed E-state index contributed by atoms with van der Waals surface area (Å²) in [5.41, 5.74) is 2.64. The fourth-order valence-corrected chi connectivity index (χ4v) is 2.58. The Balaban J connectivity index is 1.91. The highest BCUT2D eigenvalue weighted by Gasteiger charge is 2.22. The smallest absolute Gasteiger partial charge is 0.309 e. The molecule has 0 bridgehead atoms. The third-order valence-corrected chi connectivity index (χ3v) is 3.77. The topological polar surface area (TPSA) is 81.7 Å². The predicted molar refractivity (Wildman–Crippen MR) is 89.3 cm³/mol. The molecule has 0 spiro atoms. The molecule has 0 saturated carbocycles. The highest BCUT2D eigenvalue weighted by atomic mass is 16.3. The van der Waals surface area contributed by atoms with Crippen molar-refractivity contribution in [1.82, 2.24) is 10.6 Å². The molecule has 0 saturated heterocycles. The first kappa shape index (κ1) is 17.3. The van der Waals surface area contributed by atoms with Crippen LogP contribution in [0.4, 0.5) is 5.69 Å². The van der Waals surface area contributed by atoms with E-state index in [2.05, 4.69) is 15.5 Å². The Kier molecular flexibility index (Phi) is 4.94. The van der Waals surface area contributed by atoms with Crippen LogP contribution in [0.2, 0.25) is 0 Å². The summed E-state index contributed by atoms with van der Waals surface area (Å²) < 4.78 is 0. The number of hydrogen-bond acceptors (Lipinski definition) is 4. The van der Waals surface area contributed by atoms with Crippen LogP contribution in [0.5, 0.6) is 0 Å². The molecule has 0 aromatic heterocycles. The Morgan fingerprint density at radius 2 is 2.00 bits per heavy atom. The minimum atomic E-state index is -0.836. The lowest BCUT2D eigenvalue weighted by atomic mass is 10.0. The first-order chi connectivity index (χ1) is 10.7. The molecule has 23 heavy (non-hydrogen) atoms. The summed E-state index contributed by atoms with van der Waals surface area (Å²) in [5.74, 6) is -1.43. The van der Waals surface area contributed by atoms with Gasteiger partial charge in [0.2, 0.25) is 0 Å². The van der Waals surface area contributed by atoms with Crippen LogP contribution in [-0.4, -0.2) is 42.6 Å². The van der Waals surface area contributed by atoms with Crippen LogP contribution in [0, 0.1) is 0 Å². The van der Waals surface area contributed by atoms with Gasteiger partial charge in [-0.3, -0.25) is 9.59 Å². The Labute approximate surface area is 136 Å². The monoisotopic (exact) mass is 319 g/mol. The maximum atomic E-state index is 11.7. The van der Waals surface area contributed by atoms with Gasteiger partial charge >= 0.3 is 11.8 Å². The van der Waals surface area contributed by atoms with Crippen molar-refractivity contribution < 1.29 is 14.7 Å². The van der Waals surface area contributed by atoms with Crippen molar-refractivity contribution in [2.45, 2.75) is 38.8 Å². The van der Waals surface area contributed by atoms with E-state index >= 15 is 0 Å². The van der Waals surface area contributed by atoms with Gasteiger partial charge in [0.05, 0.1) is 6.10 Å². The van der Waals surface area contributed by atoms with Crippen LogP contribution in [0.25, 0.3) is 0 Å². The van der Waals surface area contributed by atoms with E-state index in [1.54, 1.807) is 20.8 Å². The van der Waals surface area contributed by atoms with Gasteiger partial charge in [-0.25, -0.2) is 0 Å². The van der Waals surface area contributed by atoms with E-state index in [9.17, 15) is 14.7 Å². The number of aliphatic hydroxyl groups is 1. The lowest BCUT2D eigenvalue weighted by molar-refractivity contribution is -0.140. The van der Waals surface area contributed by atoms with E-state index in [-0.39, 0.29) is 6.54 Å². The average molecular weight is 319 g/mol. The van der Waals surface area contributed by atoms with Crippen molar-refractivity contribution in [3.8, 4) is 0 Å². The molecule has 0 fully saturated rings. The summed E-state index contributed by atoms with van der Waals surface area (Å²) in [7, 11) is 2.04. The molecule has 1 atom stereocenters. The van der Waals surface area contributed by atoms with E-state index in [4.69, 9.17) is 0 Å². The lowest BCUT2D eigenvalue weighted by Crippen LogP contribution is -2.48. The van der Waals surface area contributed by atoms with Crippen LogP contribution in [0.3, 0.4) is 0 Å². The number of likely N-dealkylation sites (N-methyl/N-ethyl adjacent to an activating group) is 1. The van der Waals surface area contributed by atoms with Gasteiger partial charge in [-0.05, 0) is 44.4 Å². The molecule has 0 aliphatic carbocycles. The van der Waals surface area contributed by atoms with Crippen LogP contribution < -0.4 is 15.5 Å². The number of nitrogens with one attached hydrogen (secondary N) is 2. The van der Waals surface area contributed by atoms with Crippen molar-refractivity contribution in [1.29, 1.82) is 0 Å². The summed E-state index contributed by atoms with van der Waals surface area (Å²) >= 11 is 0. The second-order valence-electron chi connectivity index (χ2n) is 6.99. The number of fused-ring (bicyclic) bond motifs is 1. The van der Waals surface area contributed by atoms with Crippen molar-refractivity contribution in [3.05, 3.63) is 29.3 Å². The molecule has 1 aliphatic heterocycles. The normalized spacial score (nSPS) is 15.1. The summed E-state index contributed by atoms with van der Waals surface area (Å²) in [6, 6.07) is 5.80. The zero-order chi connectivity index (χ0) is 17.2. The van der Waals surface area contributed by atoms with E-state index in [1.807, 2.05) is 25.2 Å². The maximum Gasteiger partial charge on any atom is 0.309 e. The molecule has 1 heterocycles. The van der Waals surface area contributed by atoms with E-state index in [0.29, 0.717) is 0 Å². The Bertz CT molecular complexity index is 608. The Morgan fingerprint density at radius 1 is 1.30 bits per heavy atom. The fraction of sp³-hybridized carbons (Fsp3) is 0.529. The second-order valence-corrected chi connectivity index (χ2v) is 6.99. The van der Waals surface area contributed by atoms with Gasteiger partial charge in [0, 0.05) is 31.4 Å². The molecule has 6 heteroatoms. The number of benzene rings is 1. The zero-order valence-corrected chi connectivity index (χ0v) is 14.1. The third-order valence-electron chi connectivity index (χ3n) is 3.77. The quantitative estimate of drug-likeness (QED) is 0.718. The van der Waals surface area contributed by atoms with Gasteiger partial charge < -0.3 is 20.6 Å². The number of hydrogen-bond donors (Lipinski definition) is 3. The van der Waals surface area contributed by atoms with Crippen molar-refractivity contribution in [3.63, 3.8) is 0 Å². The first-order valence-corrected chi connectivity index (χ1v) is 7.80. The van der Waals surface area contributed by atoms with Gasteiger partial charge in [-0.15, -0.1) is 0 Å². The average Bonchev–Trinajstić information content (AvgIpc) is 2.83.